The molecular weight excluding hydrogens is 300 g/mol. The normalized spacial score (nSPS) is 23.4. The largest absolute Gasteiger partial charge is 0.475 e. The fraction of sp³-hybridized carbons (Fsp3) is 0.462. The predicted octanol–water partition coefficient (Wildman–Crippen LogP) is 1.72. The second kappa shape index (κ2) is 6.11. The van der Waals surface area contributed by atoms with Gasteiger partial charge in [0, 0.05) is 6.04 Å². The van der Waals surface area contributed by atoms with Gasteiger partial charge in [-0.05, 0) is 31.5 Å². The van der Waals surface area contributed by atoms with E-state index in [0.717, 1.165) is 13.0 Å². The van der Waals surface area contributed by atoms with Crippen LogP contribution in [0, 0.1) is 0 Å². The number of halogens is 1. The molecule has 2 aliphatic rings. The van der Waals surface area contributed by atoms with Crippen LogP contribution in [0.4, 0.5) is 0 Å². The van der Waals surface area contributed by atoms with Crippen LogP contribution in [0.5, 0.6) is 0 Å². The molecule has 110 valence electrons. The van der Waals surface area contributed by atoms with E-state index in [-0.39, 0.29) is 29.2 Å². The zero-order valence-electron chi connectivity index (χ0n) is 10.9. The highest BCUT2D eigenvalue weighted by Gasteiger charge is 2.30. The lowest BCUT2D eigenvalue weighted by molar-refractivity contribution is 0.230. The van der Waals surface area contributed by atoms with Gasteiger partial charge in [0.2, 0.25) is 5.90 Å². The van der Waals surface area contributed by atoms with E-state index in [2.05, 4.69) is 9.71 Å². The molecule has 0 aromatic heterocycles. The summed E-state index contributed by atoms with van der Waals surface area (Å²) in [5.41, 5.74) is 0.568. The molecule has 2 aliphatic heterocycles. The molecule has 3 rings (SSSR count). The van der Waals surface area contributed by atoms with E-state index in [1.54, 1.807) is 24.3 Å². The van der Waals surface area contributed by atoms with Gasteiger partial charge in [0.1, 0.15) is 11.5 Å². The number of fused-ring (bicyclic) bond motifs is 1. The first kappa shape index (κ1) is 15.3. The molecule has 0 radical (unpaired) electrons. The summed E-state index contributed by atoms with van der Waals surface area (Å²) >= 11 is 0. The van der Waals surface area contributed by atoms with Crippen LogP contribution in [0.3, 0.4) is 0 Å². The lowest BCUT2D eigenvalue weighted by Gasteiger charge is -2.23. The van der Waals surface area contributed by atoms with Crippen molar-refractivity contribution in [3.05, 3.63) is 29.8 Å². The molecule has 1 unspecified atom stereocenters. The first-order valence-corrected chi connectivity index (χ1v) is 7.91. The minimum atomic E-state index is -3.57. The van der Waals surface area contributed by atoms with E-state index >= 15 is 0 Å². The summed E-state index contributed by atoms with van der Waals surface area (Å²) in [6.07, 6.45) is 3.43. The van der Waals surface area contributed by atoms with Crippen LogP contribution in [0.15, 0.2) is 33.6 Å². The standard InChI is InChI=1S/C13H16N2O3S.ClH/c16-19(17)12-7-2-1-6-11(12)13(15-19)18-9-10-5-3-4-8-14-10;/h1-2,6-7,10,14H,3-5,8-9H2;1H. The molecule has 1 saturated heterocycles. The molecule has 1 aromatic carbocycles. The van der Waals surface area contributed by atoms with Crippen molar-refractivity contribution in [1.82, 2.24) is 5.32 Å². The highest BCUT2D eigenvalue weighted by molar-refractivity contribution is 7.90. The lowest BCUT2D eigenvalue weighted by atomic mass is 10.1. The number of sulfonamides is 1. The first-order chi connectivity index (χ1) is 9.17. The van der Waals surface area contributed by atoms with Gasteiger partial charge in [0.05, 0.1) is 5.56 Å². The Balaban J connectivity index is 0.00000147. The zero-order chi connectivity index (χ0) is 13.3. The summed E-state index contributed by atoms with van der Waals surface area (Å²) in [4.78, 5) is 0.238. The highest BCUT2D eigenvalue weighted by Crippen LogP contribution is 2.26. The average molecular weight is 317 g/mol. The highest BCUT2D eigenvalue weighted by atomic mass is 35.5. The molecule has 5 nitrogen and oxygen atoms in total. The molecule has 0 saturated carbocycles. The summed E-state index contributed by atoms with van der Waals surface area (Å²) in [5.74, 6) is 0.225. The van der Waals surface area contributed by atoms with Gasteiger partial charge in [-0.25, -0.2) is 0 Å². The summed E-state index contributed by atoms with van der Waals surface area (Å²) in [6, 6.07) is 7.05. The minimum absolute atomic E-state index is 0. The second-order valence-electron chi connectivity index (χ2n) is 4.83. The number of benzene rings is 1. The quantitative estimate of drug-likeness (QED) is 0.902. The molecule has 0 bridgehead atoms. The maximum atomic E-state index is 11.8. The Kier molecular flexibility index (Phi) is 4.67. The number of rotatable bonds is 2. The van der Waals surface area contributed by atoms with Gasteiger partial charge in [-0.2, -0.15) is 8.42 Å². The van der Waals surface area contributed by atoms with Crippen molar-refractivity contribution in [2.24, 2.45) is 4.40 Å². The monoisotopic (exact) mass is 316 g/mol. The first-order valence-electron chi connectivity index (χ1n) is 6.47. The Morgan fingerprint density at radius 2 is 2.10 bits per heavy atom. The Bertz CT molecular complexity index is 610. The van der Waals surface area contributed by atoms with Gasteiger partial charge in [-0.15, -0.1) is 16.8 Å². The molecule has 7 heteroatoms. The minimum Gasteiger partial charge on any atom is -0.475 e. The molecule has 1 fully saturated rings. The zero-order valence-corrected chi connectivity index (χ0v) is 12.5. The molecule has 1 atom stereocenters. The number of ether oxygens (including phenoxy) is 1. The van der Waals surface area contributed by atoms with Gasteiger partial charge in [0.25, 0.3) is 10.0 Å². The second-order valence-corrected chi connectivity index (χ2v) is 6.40. The number of nitrogens with zero attached hydrogens (tertiary/aromatic N) is 1. The van der Waals surface area contributed by atoms with Crippen molar-refractivity contribution in [2.75, 3.05) is 13.2 Å². The maximum absolute atomic E-state index is 11.8. The van der Waals surface area contributed by atoms with E-state index in [1.165, 1.54) is 12.8 Å². The Hall–Kier alpha value is -1.11. The Labute approximate surface area is 124 Å². The van der Waals surface area contributed by atoms with Crippen LogP contribution in [-0.4, -0.2) is 33.5 Å². The number of piperidine rings is 1. The molecule has 1 N–H and O–H groups in total. The molecule has 0 spiro atoms. The molecular formula is C13H17ClN2O3S. The van der Waals surface area contributed by atoms with Crippen LogP contribution in [0.1, 0.15) is 24.8 Å². The van der Waals surface area contributed by atoms with Gasteiger partial charge in [-0.3, -0.25) is 0 Å². The number of nitrogens with one attached hydrogen (secondary N) is 1. The molecule has 0 amide bonds. The number of hydrogen-bond donors (Lipinski definition) is 1. The van der Waals surface area contributed by atoms with E-state index in [1.807, 2.05) is 0 Å². The summed E-state index contributed by atoms with van der Waals surface area (Å²) in [6.45, 7) is 1.46. The molecule has 2 heterocycles. The molecule has 20 heavy (non-hydrogen) atoms. The van der Waals surface area contributed by atoms with Crippen LogP contribution in [0.2, 0.25) is 0 Å². The van der Waals surface area contributed by atoms with E-state index < -0.39 is 10.0 Å². The third-order valence-corrected chi connectivity index (χ3v) is 4.75. The third-order valence-electron chi connectivity index (χ3n) is 3.43. The summed E-state index contributed by atoms with van der Waals surface area (Å²) in [5, 5.41) is 3.36. The van der Waals surface area contributed by atoms with E-state index in [0.29, 0.717) is 12.2 Å². The van der Waals surface area contributed by atoms with Crippen molar-refractivity contribution >= 4 is 28.3 Å². The van der Waals surface area contributed by atoms with Gasteiger partial charge >= 0.3 is 0 Å². The number of hydrogen-bond acceptors (Lipinski definition) is 4. The van der Waals surface area contributed by atoms with Crippen molar-refractivity contribution in [3.8, 4) is 0 Å². The Morgan fingerprint density at radius 3 is 2.85 bits per heavy atom. The fourth-order valence-electron chi connectivity index (χ4n) is 2.43. The van der Waals surface area contributed by atoms with Crippen molar-refractivity contribution in [3.63, 3.8) is 0 Å². The van der Waals surface area contributed by atoms with Crippen molar-refractivity contribution in [2.45, 2.75) is 30.2 Å². The smallest absolute Gasteiger partial charge is 0.286 e. The SMILES string of the molecule is Cl.O=S1(=O)N=C(OCC2CCCCN2)c2ccccc21. The van der Waals surface area contributed by atoms with Crippen LogP contribution in [-0.2, 0) is 14.8 Å². The topological polar surface area (TPSA) is 67.8 Å². The van der Waals surface area contributed by atoms with E-state index in [4.69, 9.17) is 4.74 Å². The maximum Gasteiger partial charge on any atom is 0.286 e. The molecule has 0 aliphatic carbocycles. The molecule has 1 aromatic rings. The lowest BCUT2D eigenvalue weighted by Crippen LogP contribution is -2.38. The predicted molar refractivity (Wildman–Crippen MR) is 79.0 cm³/mol. The van der Waals surface area contributed by atoms with Crippen LogP contribution < -0.4 is 5.32 Å². The van der Waals surface area contributed by atoms with Crippen LogP contribution in [0.25, 0.3) is 0 Å². The summed E-state index contributed by atoms with van der Waals surface area (Å²) in [7, 11) is -3.57. The van der Waals surface area contributed by atoms with Crippen molar-refractivity contribution < 1.29 is 13.2 Å². The summed E-state index contributed by atoms with van der Waals surface area (Å²) < 4.78 is 33.0. The van der Waals surface area contributed by atoms with Gasteiger partial charge in [0.15, 0.2) is 0 Å². The van der Waals surface area contributed by atoms with Crippen LogP contribution >= 0.6 is 12.4 Å². The average Bonchev–Trinajstić information content (AvgIpc) is 2.70. The van der Waals surface area contributed by atoms with Gasteiger partial charge in [-0.1, -0.05) is 18.6 Å². The third kappa shape index (κ3) is 2.97. The van der Waals surface area contributed by atoms with Gasteiger partial charge < -0.3 is 10.1 Å². The van der Waals surface area contributed by atoms with Crippen molar-refractivity contribution in [1.29, 1.82) is 0 Å². The van der Waals surface area contributed by atoms with E-state index in [9.17, 15) is 8.42 Å². The Morgan fingerprint density at radius 1 is 1.30 bits per heavy atom. The fourth-order valence-corrected chi connectivity index (χ4v) is 3.58.